The van der Waals surface area contributed by atoms with Crippen LogP contribution in [0.4, 0.5) is 11.4 Å². The van der Waals surface area contributed by atoms with Crippen LogP contribution in [0.25, 0.3) is 6.08 Å². The number of carbonyl (C=O) groups is 3. The second kappa shape index (κ2) is 16.0. The Bertz CT molecular complexity index is 1920. The van der Waals surface area contributed by atoms with Crippen LogP contribution in [-0.4, -0.2) is 17.7 Å². The highest BCUT2D eigenvalue weighted by molar-refractivity contribution is 8.00. The van der Waals surface area contributed by atoms with Gasteiger partial charge in [0, 0.05) is 41.9 Å². The molecular weight excluding hydrogens is 696 g/mol. The summed E-state index contributed by atoms with van der Waals surface area (Å²) in [7, 11) is 0. The molecule has 6 nitrogen and oxygen atoms in total. The number of anilines is 2. The van der Waals surface area contributed by atoms with Crippen molar-refractivity contribution in [1.82, 2.24) is 5.32 Å². The molecule has 0 aliphatic heterocycles. The molecule has 11 heteroatoms. The minimum atomic E-state index is -0.610. The van der Waals surface area contributed by atoms with E-state index in [2.05, 4.69) is 16.0 Å². The van der Waals surface area contributed by atoms with Gasteiger partial charge in [0.1, 0.15) is 10.9 Å². The monoisotopic (exact) mass is 719 g/mol. The lowest BCUT2D eigenvalue weighted by molar-refractivity contribution is -0.116. The molecule has 0 aliphatic carbocycles. The van der Waals surface area contributed by atoms with Crippen molar-refractivity contribution in [2.45, 2.75) is 10.1 Å². The van der Waals surface area contributed by atoms with E-state index >= 15 is 0 Å². The fourth-order valence-corrected chi connectivity index (χ4v) is 6.42. The maximum Gasteiger partial charge on any atom is 0.272 e. The second-order valence-electron chi connectivity index (χ2n) is 10.1. The van der Waals surface area contributed by atoms with Crippen molar-refractivity contribution in [3.05, 3.63) is 164 Å². The first kappa shape index (κ1) is 34.1. The quantitative estimate of drug-likeness (QED) is 0.0990. The summed E-state index contributed by atoms with van der Waals surface area (Å²) in [5.74, 6) is -1.29. The summed E-state index contributed by atoms with van der Waals surface area (Å²) in [6.45, 7) is 0. The molecule has 0 bridgehead atoms. The SMILES string of the molecule is O=C(Nc1ccc(SC(C(=O)Nc2cc(Cl)cc(Cl)c2)c2ccccc2)cc1)/C(=C/c1ccc(Cl)cc1Cl)NC(=O)c1ccccc1. The van der Waals surface area contributed by atoms with Crippen LogP contribution in [0.5, 0.6) is 0 Å². The summed E-state index contributed by atoms with van der Waals surface area (Å²) >= 11 is 26.0. The molecule has 0 fully saturated rings. The Kier molecular flexibility index (Phi) is 11.6. The molecule has 0 spiro atoms. The first-order valence-corrected chi connectivity index (χ1v) is 16.5. The number of nitrogens with one attached hydrogen (secondary N) is 3. The number of benzene rings is 5. The molecule has 5 aromatic rings. The van der Waals surface area contributed by atoms with Gasteiger partial charge in [-0.05, 0) is 83.9 Å². The molecule has 0 heterocycles. The van der Waals surface area contributed by atoms with Crippen LogP contribution >= 0.6 is 58.2 Å². The van der Waals surface area contributed by atoms with Crippen molar-refractivity contribution in [2.24, 2.45) is 0 Å². The van der Waals surface area contributed by atoms with Crippen LogP contribution < -0.4 is 16.0 Å². The normalized spacial score (nSPS) is 11.8. The zero-order chi connectivity index (χ0) is 33.3. The molecule has 1 unspecified atom stereocenters. The van der Waals surface area contributed by atoms with Crippen LogP contribution in [0.3, 0.4) is 0 Å². The van der Waals surface area contributed by atoms with E-state index in [0.717, 1.165) is 10.5 Å². The van der Waals surface area contributed by atoms with Gasteiger partial charge in [-0.2, -0.15) is 0 Å². The minimum Gasteiger partial charge on any atom is -0.325 e. The third-order valence-corrected chi connectivity index (χ3v) is 8.89. The smallest absolute Gasteiger partial charge is 0.272 e. The lowest BCUT2D eigenvalue weighted by atomic mass is 10.1. The lowest BCUT2D eigenvalue weighted by Crippen LogP contribution is -2.30. The Morgan fingerprint density at radius 3 is 1.91 bits per heavy atom. The number of hydrogen-bond donors (Lipinski definition) is 3. The van der Waals surface area contributed by atoms with Crippen LogP contribution in [0.2, 0.25) is 20.1 Å². The van der Waals surface area contributed by atoms with Crippen LogP contribution in [-0.2, 0) is 9.59 Å². The van der Waals surface area contributed by atoms with Crippen LogP contribution in [0.15, 0.2) is 132 Å². The number of carbonyl (C=O) groups excluding carboxylic acids is 3. The van der Waals surface area contributed by atoms with E-state index in [-0.39, 0.29) is 11.6 Å². The Hall–Kier alpha value is -4.24. The number of amides is 3. The number of hydrogen-bond acceptors (Lipinski definition) is 4. The fraction of sp³-hybridized carbons (Fsp3) is 0.0278. The van der Waals surface area contributed by atoms with Crippen molar-refractivity contribution < 1.29 is 14.4 Å². The first-order chi connectivity index (χ1) is 22.6. The summed E-state index contributed by atoms with van der Waals surface area (Å²) in [6.07, 6.45) is 1.48. The Labute approximate surface area is 296 Å². The van der Waals surface area contributed by atoms with Crippen LogP contribution in [0.1, 0.15) is 26.7 Å². The standard InChI is InChI=1S/C36H25Cl4N3O3S/c37-25-12-11-24(31(40)21-25)17-32(43-34(44)23-9-5-2-6-10-23)35(45)41-28-13-15-30(16-14-28)47-33(22-7-3-1-4-8-22)36(46)42-29-19-26(38)18-27(39)20-29/h1-21,33H,(H,41,45)(H,42,46)(H,43,44)/b32-17-. The summed E-state index contributed by atoms with van der Waals surface area (Å²) < 4.78 is 0. The molecule has 47 heavy (non-hydrogen) atoms. The van der Waals surface area contributed by atoms with Crippen molar-refractivity contribution in [3.63, 3.8) is 0 Å². The highest BCUT2D eigenvalue weighted by Crippen LogP contribution is 2.37. The molecule has 0 saturated heterocycles. The molecule has 0 aromatic heterocycles. The minimum absolute atomic E-state index is 0.0246. The highest BCUT2D eigenvalue weighted by atomic mass is 35.5. The summed E-state index contributed by atoms with van der Waals surface area (Å²) in [5.41, 5.74) is 2.59. The second-order valence-corrected chi connectivity index (χ2v) is 13.0. The molecule has 1 atom stereocenters. The zero-order valence-electron chi connectivity index (χ0n) is 24.3. The van der Waals surface area contributed by atoms with Gasteiger partial charge >= 0.3 is 0 Å². The molecule has 0 aliphatic rings. The van der Waals surface area contributed by atoms with Gasteiger partial charge in [-0.25, -0.2) is 0 Å². The lowest BCUT2D eigenvalue weighted by Gasteiger charge is -2.18. The Balaban J connectivity index is 1.34. The van der Waals surface area contributed by atoms with Gasteiger partial charge in [-0.15, -0.1) is 11.8 Å². The molecule has 3 amide bonds. The molecule has 0 saturated carbocycles. The molecule has 3 N–H and O–H groups in total. The van der Waals surface area contributed by atoms with Gasteiger partial charge in [0.05, 0.1) is 0 Å². The maximum atomic E-state index is 13.5. The fourth-order valence-electron chi connectivity index (χ4n) is 4.40. The molecular formula is C36H25Cl4N3O3S. The van der Waals surface area contributed by atoms with E-state index in [1.807, 2.05) is 30.3 Å². The average Bonchev–Trinajstić information content (AvgIpc) is 3.05. The number of halogens is 4. The third-order valence-electron chi connectivity index (χ3n) is 6.63. The number of rotatable bonds is 10. The van der Waals surface area contributed by atoms with Gasteiger partial charge in [0.15, 0.2) is 0 Å². The summed E-state index contributed by atoms with van der Waals surface area (Å²) in [6, 6.07) is 34.6. The van der Waals surface area contributed by atoms with Crippen molar-refractivity contribution in [3.8, 4) is 0 Å². The van der Waals surface area contributed by atoms with Crippen LogP contribution in [0, 0.1) is 0 Å². The number of thioether (sulfide) groups is 1. The predicted octanol–water partition coefficient (Wildman–Crippen LogP) is 10.2. The first-order valence-electron chi connectivity index (χ1n) is 14.1. The molecule has 5 aromatic carbocycles. The molecule has 236 valence electrons. The van der Waals surface area contributed by atoms with E-state index in [0.29, 0.717) is 42.6 Å². The van der Waals surface area contributed by atoms with Gasteiger partial charge in [0.2, 0.25) is 5.91 Å². The van der Waals surface area contributed by atoms with E-state index in [1.54, 1.807) is 91.0 Å². The zero-order valence-corrected chi connectivity index (χ0v) is 28.2. The van der Waals surface area contributed by atoms with Crippen molar-refractivity contribution >= 4 is 93.3 Å². The largest absolute Gasteiger partial charge is 0.325 e. The van der Waals surface area contributed by atoms with E-state index in [4.69, 9.17) is 46.4 Å². The summed E-state index contributed by atoms with van der Waals surface area (Å²) in [4.78, 5) is 40.7. The van der Waals surface area contributed by atoms with Gasteiger partial charge in [-0.3, -0.25) is 14.4 Å². The van der Waals surface area contributed by atoms with E-state index in [1.165, 1.54) is 17.8 Å². The highest BCUT2D eigenvalue weighted by Gasteiger charge is 2.23. The van der Waals surface area contributed by atoms with Gasteiger partial charge in [0.25, 0.3) is 11.8 Å². The van der Waals surface area contributed by atoms with E-state index < -0.39 is 17.1 Å². The topological polar surface area (TPSA) is 87.3 Å². The Morgan fingerprint density at radius 1 is 0.638 bits per heavy atom. The van der Waals surface area contributed by atoms with Gasteiger partial charge < -0.3 is 16.0 Å². The van der Waals surface area contributed by atoms with E-state index in [9.17, 15) is 14.4 Å². The molecule has 5 rings (SSSR count). The summed E-state index contributed by atoms with van der Waals surface area (Å²) in [5, 5.41) is 9.37. The average molecular weight is 721 g/mol. The van der Waals surface area contributed by atoms with Crippen molar-refractivity contribution in [2.75, 3.05) is 10.6 Å². The predicted molar refractivity (Wildman–Crippen MR) is 194 cm³/mol. The van der Waals surface area contributed by atoms with Crippen molar-refractivity contribution in [1.29, 1.82) is 0 Å². The maximum absolute atomic E-state index is 13.5. The third kappa shape index (κ3) is 9.64. The van der Waals surface area contributed by atoms with Gasteiger partial charge in [-0.1, -0.05) is 101 Å². The molecule has 0 radical (unpaired) electrons. The Morgan fingerprint density at radius 2 is 1.28 bits per heavy atom.